The second-order valence-corrected chi connectivity index (χ2v) is 7.66. The van der Waals surface area contributed by atoms with Crippen molar-refractivity contribution in [3.8, 4) is 17.0 Å². The number of halogens is 2. The molecule has 1 N–H and O–H groups in total. The van der Waals surface area contributed by atoms with Gasteiger partial charge in [-0.15, -0.1) is 11.3 Å². The van der Waals surface area contributed by atoms with E-state index in [1.54, 1.807) is 44.4 Å². The molecule has 0 aliphatic rings. The summed E-state index contributed by atoms with van der Waals surface area (Å²) >= 11 is 1.12. The number of hydrogen-bond acceptors (Lipinski definition) is 6. The molecular formula is C18H21F2N3O4S. The molecule has 0 bridgehead atoms. The zero-order chi connectivity index (χ0) is 20.9. The van der Waals surface area contributed by atoms with E-state index in [0.717, 1.165) is 16.2 Å². The summed E-state index contributed by atoms with van der Waals surface area (Å²) in [5, 5.41) is 4.45. The van der Waals surface area contributed by atoms with Crippen LogP contribution in [0.3, 0.4) is 0 Å². The van der Waals surface area contributed by atoms with Crippen LogP contribution in [0.2, 0.25) is 0 Å². The maximum Gasteiger partial charge on any atom is 0.410 e. The first-order valence-electron chi connectivity index (χ1n) is 8.29. The van der Waals surface area contributed by atoms with Crippen molar-refractivity contribution < 1.29 is 27.8 Å². The topological polar surface area (TPSA) is 80.8 Å². The third-order valence-corrected chi connectivity index (χ3v) is 3.97. The third-order valence-electron chi connectivity index (χ3n) is 3.22. The van der Waals surface area contributed by atoms with Crippen LogP contribution in [0.1, 0.15) is 20.8 Å². The number of alkyl halides is 2. The van der Waals surface area contributed by atoms with Gasteiger partial charge in [-0.1, -0.05) is 12.1 Å². The molecule has 0 fully saturated rings. The number of carbonyl (C=O) groups excluding carboxylic acids is 2. The van der Waals surface area contributed by atoms with Gasteiger partial charge in [-0.3, -0.25) is 4.79 Å². The highest BCUT2D eigenvalue weighted by molar-refractivity contribution is 7.14. The SMILES string of the molecule is CN(CC(=O)Nc1nc(-c2ccccc2OC(F)F)cs1)C(=O)OC(C)(C)C. The monoisotopic (exact) mass is 413 g/mol. The summed E-state index contributed by atoms with van der Waals surface area (Å²) in [6.07, 6.45) is -0.624. The van der Waals surface area contributed by atoms with Gasteiger partial charge in [0.25, 0.3) is 0 Å². The average molecular weight is 413 g/mol. The second kappa shape index (κ2) is 8.96. The highest BCUT2D eigenvalue weighted by atomic mass is 32.1. The van der Waals surface area contributed by atoms with Crippen molar-refractivity contribution in [2.24, 2.45) is 0 Å². The number of ether oxygens (including phenoxy) is 2. The van der Waals surface area contributed by atoms with Crippen molar-refractivity contribution in [2.75, 3.05) is 18.9 Å². The number of carbonyl (C=O) groups is 2. The molecule has 7 nitrogen and oxygen atoms in total. The lowest BCUT2D eigenvalue weighted by atomic mass is 10.1. The van der Waals surface area contributed by atoms with Crippen molar-refractivity contribution in [1.82, 2.24) is 9.88 Å². The van der Waals surface area contributed by atoms with Crippen LogP contribution < -0.4 is 10.1 Å². The summed E-state index contributed by atoms with van der Waals surface area (Å²) in [4.78, 5) is 29.4. The molecule has 1 heterocycles. The number of nitrogens with one attached hydrogen (secondary N) is 1. The minimum absolute atomic E-state index is 0.00895. The zero-order valence-corrected chi connectivity index (χ0v) is 16.7. The highest BCUT2D eigenvalue weighted by Crippen LogP contribution is 2.32. The summed E-state index contributed by atoms with van der Waals surface area (Å²) in [7, 11) is 1.44. The van der Waals surface area contributed by atoms with Gasteiger partial charge in [0.05, 0.1) is 5.69 Å². The third kappa shape index (κ3) is 6.45. The summed E-state index contributed by atoms with van der Waals surface area (Å²) < 4.78 is 34.8. The molecule has 0 saturated heterocycles. The summed E-state index contributed by atoms with van der Waals surface area (Å²) in [6, 6.07) is 6.24. The normalized spacial score (nSPS) is 11.2. The van der Waals surface area contributed by atoms with Crippen molar-refractivity contribution in [3.63, 3.8) is 0 Å². The van der Waals surface area contributed by atoms with Crippen LogP contribution >= 0.6 is 11.3 Å². The number of thiazole rings is 1. The molecule has 0 aliphatic heterocycles. The van der Waals surface area contributed by atoms with Crippen molar-refractivity contribution >= 4 is 28.5 Å². The lowest BCUT2D eigenvalue weighted by Gasteiger charge is -2.24. The fraction of sp³-hybridized carbons (Fsp3) is 0.389. The first-order valence-corrected chi connectivity index (χ1v) is 9.17. The van der Waals surface area contributed by atoms with Crippen LogP contribution in [-0.4, -0.2) is 47.7 Å². The Labute approximate surface area is 165 Å². The standard InChI is InChI=1S/C18H21F2N3O4S/c1-18(2,3)27-17(25)23(4)9-14(24)22-16-21-12(10-28-16)11-7-5-6-8-13(11)26-15(19)20/h5-8,10,15H,9H2,1-4H3,(H,21,22,24). The number of rotatable bonds is 6. The van der Waals surface area contributed by atoms with Crippen LogP contribution in [0.15, 0.2) is 29.6 Å². The van der Waals surface area contributed by atoms with Crippen molar-refractivity contribution in [1.29, 1.82) is 0 Å². The summed E-state index contributed by atoms with van der Waals surface area (Å²) in [6.45, 7) is 2.00. The molecule has 0 unspecified atom stereocenters. The van der Waals surface area contributed by atoms with Crippen LogP contribution in [0.5, 0.6) is 5.75 Å². The van der Waals surface area contributed by atoms with E-state index in [1.807, 2.05) is 0 Å². The maximum atomic E-state index is 12.5. The molecule has 152 valence electrons. The summed E-state index contributed by atoms with van der Waals surface area (Å²) in [5.41, 5.74) is 0.0992. The van der Waals surface area contributed by atoms with E-state index in [9.17, 15) is 18.4 Å². The molecule has 0 aliphatic carbocycles. The second-order valence-electron chi connectivity index (χ2n) is 6.80. The predicted octanol–water partition coefficient (Wildman–Crippen LogP) is 4.22. The molecule has 1 aromatic carbocycles. The first-order chi connectivity index (χ1) is 13.0. The molecule has 2 rings (SSSR count). The molecule has 0 radical (unpaired) electrons. The minimum atomic E-state index is -2.96. The van der Waals surface area contributed by atoms with Gasteiger partial charge in [0.2, 0.25) is 5.91 Å². The van der Waals surface area contributed by atoms with Gasteiger partial charge >= 0.3 is 12.7 Å². The van der Waals surface area contributed by atoms with Gasteiger partial charge in [0.1, 0.15) is 17.9 Å². The molecule has 2 aromatic rings. The number of amides is 2. The van der Waals surface area contributed by atoms with Crippen LogP contribution in [0.25, 0.3) is 11.3 Å². The van der Waals surface area contributed by atoms with Gasteiger partial charge in [-0.2, -0.15) is 8.78 Å². The highest BCUT2D eigenvalue weighted by Gasteiger charge is 2.21. The Morgan fingerprint density at radius 1 is 1.29 bits per heavy atom. The van der Waals surface area contributed by atoms with E-state index in [-0.39, 0.29) is 17.4 Å². The number of hydrogen-bond donors (Lipinski definition) is 1. The number of likely N-dealkylation sites (N-methyl/N-ethyl adjacent to an activating group) is 1. The molecule has 0 atom stereocenters. The van der Waals surface area contributed by atoms with Gasteiger partial charge in [-0.05, 0) is 32.9 Å². The molecule has 0 spiro atoms. The number of anilines is 1. The molecule has 0 saturated carbocycles. The van der Waals surface area contributed by atoms with E-state index in [0.29, 0.717) is 11.3 Å². The Hall–Kier alpha value is -2.75. The minimum Gasteiger partial charge on any atom is -0.444 e. The van der Waals surface area contributed by atoms with E-state index >= 15 is 0 Å². The van der Waals surface area contributed by atoms with E-state index < -0.39 is 24.2 Å². The smallest absolute Gasteiger partial charge is 0.410 e. The Morgan fingerprint density at radius 3 is 2.61 bits per heavy atom. The fourth-order valence-electron chi connectivity index (χ4n) is 2.11. The fourth-order valence-corrected chi connectivity index (χ4v) is 2.84. The van der Waals surface area contributed by atoms with Crippen molar-refractivity contribution in [3.05, 3.63) is 29.6 Å². The molecule has 10 heteroatoms. The van der Waals surface area contributed by atoms with E-state index in [2.05, 4.69) is 15.0 Å². The number of aromatic nitrogens is 1. The van der Waals surface area contributed by atoms with Crippen LogP contribution in [0, 0.1) is 0 Å². The number of benzene rings is 1. The quantitative estimate of drug-likeness (QED) is 0.767. The lowest BCUT2D eigenvalue weighted by Crippen LogP contribution is -2.38. The zero-order valence-electron chi connectivity index (χ0n) is 15.9. The largest absolute Gasteiger partial charge is 0.444 e. The van der Waals surface area contributed by atoms with Gasteiger partial charge in [0, 0.05) is 18.0 Å². The Balaban J connectivity index is 2.01. The lowest BCUT2D eigenvalue weighted by molar-refractivity contribution is -0.117. The van der Waals surface area contributed by atoms with Crippen LogP contribution in [-0.2, 0) is 9.53 Å². The molecular weight excluding hydrogens is 392 g/mol. The van der Waals surface area contributed by atoms with E-state index in [1.165, 1.54) is 13.1 Å². The number of nitrogens with zero attached hydrogens (tertiary/aromatic N) is 2. The average Bonchev–Trinajstić information content (AvgIpc) is 3.01. The van der Waals surface area contributed by atoms with Gasteiger partial charge in [0.15, 0.2) is 5.13 Å². The summed E-state index contributed by atoms with van der Waals surface area (Å²) in [5.74, 6) is -0.475. The molecule has 1 aromatic heterocycles. The van der Waals surface area contributed by atoms with Crippen LogP contribution in [0.4, 0.5) is 18.7 Å². The molecule has 28 heavy (non-hydrogen) atoms. The molecule has 2 amide bonds. The Morgan fingerprint density at radius 2 is 1.96 bits per heavy atom. The van der Waals surface area contributed by atoms with Gasteiger partial charge < -0.3 is 19.7 Å². The predicted molar refractivity (Wildman–Crippen MR) is 102 cm³/mol. The maximum absolute atomic E-state index is 12.5. The number of para-hydroxylation sites is 1. The Kier molecular flexibility index (Phi) is 6.90. The first kappa shape index (κ1) is 21.5. The van der Waals surface area contributed by atoms with Crippen molar-refractivity contribution in [2.45, 2.75) is 33.0 Å². The Bertz CT molecular complexity index is 836. The van der Waals surface area contributed by atoms with E-state index in [4.69, 9.17) is 4.74 Å². The van der Waals surface area contributed by atoms with Gasteiger partial charge in [-0.25, -0.2) is 9.78 Å².